The van der Waals surface area contributed by atoms with E-state index in [1.165, 1.54) is 21.5 Å². The molecule has 1 aliphatic rings. The summed E-state index contributed by atoms with van der Waals surface area (Å²) in [6.45, 7) is 14.9. The lowest BCUT2D eigenvalue weighted by atomic mass is 9.70. The maximum absolute atomic E-state index is 12.9. The number of ether oxygens (including phenoxy) is 2. The minimum atomic E-state index is -0.685. The van der Waals surface area contributed by atoms with Gasteiger partial charge in [-0.15, -0.1) is 0 Å². The van der Waals surface area contributed by atoms with Gasteiger partial charge >= 0.3 is 11.9 Å². The molecule has 0 aliphatic heterocycles. The molecule has 0 saturated heterocycles. The zero-order valence-corrected chi connectivity index (χ0v) is 29.7. The van der Waals surface area contributed by atoms with Crippen molar-refractivity contribution in [2.45, 2.75) is 58.2 Å². The third-order valence-electron chi connectivity index (χ3n) is 10.2. The van der Waals surface area contributed by atoms with Gasteiger partial charge in [0.25, 0.3) is 0 Å². The fourth-order valence-electron chi connectivity index (χ4n) is 8.11. The number of hydrogen-bond donors (Lipinski definition) is 0. The maximum atomic E-state index is 12.9. The fourth-order valence-corrected chi connectivity index (χ4v) is 8.11. The van der Waals surface area contributed by atoms with Gasteiger partial charge in [0, 0.05) is 16.6 Å². The lowest BCUT2D eigenvalue weighted by Crippen LogP contribution is -2.36. The third-order valence-corrected chi connectivity index (χ3v) is 10.2. The summed E-state index contributed by atoms with van der Waals surface area (Å²) in [7, 11) is 0. The molecule has 6 aromatic carbocycles. The second kappa shape index (κ2) is 13.5. The molecule has 7 rings (SSSR count). The molecule has 0 aromatic heterocycles. The number of carbonyl (C=O) groups excluding carboxylic acids is 2. The number of hydrogen-bond acceptors (Lipinski definition) is 4. The predicted molar refractivity (Wildman–Crippen MR) is 209 cm³/mol. The van der Waals surface area contributed by atoms with Crippen molar-refractivity contribution in [2.75, 3.05) is 0 Å². The van der Waals surface area contributed by atoms with E-state index >= 15 is 0 Å². The van der Waals surface area contributed by atoms with Crippen molar-refractivity contribution in [1.29, 1.82) is 0 Å². The van der Waals surface area contributed by atoms with E-state index in [1.54, 1.807) is 13.8 Å². The number of esters is 2. The van der Waals surface area contributed by atoms with Crippen LogP contribution in [0.4, 0.5) is 0 Å². The second-order valence-electron chi connectivity index (χ2n) is 14.0. The molecular formula is C47H42O4. The van der Waals surface area contributed by atoms with E-state index in [4.69, 9.17) is 9.47 Å². The Bertz CT molecular complexity index is 2190. The highest BCUT2D eigenvalue weighted by atomic mass is 16.5. The molecule has 254 valence electrons. The van der Waals surface area contributed by atoms with E-state index in [9.17, 15) is 9.59 Å². The van der Waals surface area contributed by atoms with Crippen LogP contribution in [0.1, 0.15) is 51.7 Å². The molecule has 1 aliphatic carbocycles. The van der Waals surface area contributed by atoms with Crippen molar-refractivity contribution < 1.29 is 19.1 Å². The smallest absolute Gasteiger partial charge is 0.333 e. The predicted octanol–water partition coefficient (Wildman–Crippen LogP) is 11.4. The van der Waals surface area contributed by atoms with Gasteiger partial charge in [0.2, 0.25) is 0 Å². The van der Waals surface area contributed by atoms with Crippen LogP contribution in [0.5, 0.6) is 0 Å². The van der Waals surface area contributed by atoms with E-state index < -0.39 is 29.6 Å². The largest absolute Gasteiger partial charge is 0.459 e. The molecule has 4 nitrogen and oxygen atoms in total. The van der Waals surface area contributed by atoms with E-state index in [2.05, 4.69) is 134 Å². The van der Waals surface area contributed by atoms with Crippen molar-refractivity contribution in [3.05, 3.63) is 157 Å². The highest BCUT2D eigenvalue weighted by Crippen LogP contribution is 2.59. The van der Waals surface area contributed by atoms with Gasteiger partial charge in [-0.05, 0) is 107 Å². The van der Waals surface area contributed by atoms with Crippen molar-refractivity contribution >= 4 is 33.5 Å². The minimum Gasteiger partial charge on any atom is -0.459 e. The average Bonchev–Trinajstić information content (AvgIpc) is 3.39. The Morgan fingerprint density at radius 2 is 0.882 bits per heavy atom. The fraction of sp³-hybridized carbons (Fsp3) is 0.191. The first kappa shape index (κ1) is 33.7. The Hall–Kier alpha value is -5.74. The van der Waals surface area contributed by atoms with Gasteiger partial charge in [0.05, 0.1) is 0 Å². The van der Waals surface area contributed by atoms with Crippen LogP contribution in [0.15, 0.2) is 146 Å². The third kappa shape index (κ3) is 6.05. The van der Waals surface area contributed by atoms with Gasteiger partial charge < -0.3 is 9.47 Å². The molecule has 6 aromatic rings. The Balaban J connectivity index is 1.55. The number of benzene rings is 6. The molecule has 0 amide bonds. The normalized spacial score (nSPS) is 14.0. The molecule has 4 heteroatoms. The molecule has 2 unspecified atom stereocenters. The monoisotopic (exact) mass is 670 g/mol. The summed E-state index contributed by atoms with van der Waals surface area (Å²) in [5.41, 5.74) is 9.07. The number of fused-ring (bicyclic) bond motifs is 5. The van der Waals surface area contributed by atoms with Crippen LogP contribution in [-0.2, 0) is 24.5 Å². The summed E-state index contributed by atoms with van der Waals surface area (Å²) >= 11 is 0. The van der Waals surface area contributed by atoms with Crippen molar-refractivity contribution in [3.63, 3.8) is 0 Å². The van der Waals surface area contributed by atoms with Gasteiger partial charge in [-0.1, -0.05) is 134 Å². The molecule has 0 fully saturated rings. The lowest BCUT2D eigenvalue weighted by molar-refractivity contribution is -0.144. The van der Waals surface area contributed by atoms with Gasteiger partial charge in [0.1, 0.15) is 12.2 Å². The molecule has 0 spiro atoms. The van der Waals surface area contributed by atoms with Crippen molar-refractivity contribution in [3.8, 4) is 33.4 Å². The summed E-state index contributed by atoms with van der Waals surface area (Å²) in [6.07, 6.45) is -0.00305. The van der Waals surface area contributed by atoms with Crippen LogP contribution < -0.4 is 0 Å². The first-order valence-electron chi connectivity index (χ1n) is 17.6. The Labute approximate surface area is 300 Å². The van der Waals surface area contributed by atoms with E-state index in [0.717, 1.165) is 44.5 Å². The van der Waals surface area contributed by atoms with Crippen molar-refractivity contribution in [1.82, 2.24) is 0 Å². The minimum absolute atomic E-state index is 0.350. The molecule has 0 N–H and O–H groups in total. The van der Waals surface area contributed by atoms with Crippen molar-refractivity contribution in [2.24, 2.45) is 0 Å². The van der Waals surface area contributed by atoms with E-state index in [1.807, 2.05) is 13.8 Å². The summed E-state index contributed by atoms with van der Waals surface area (Å²) in [5, 5.41) is 4.67. The van der Waals surface area contributed by atoms with E-state index in [0.29, 0.717) is 24.0 Å². The molecule has 0 radical (unpaired) electrons. The van der Waals surface area contributed by atoms with E-state index in [-0.39, 0.29) is 0 Å². The van der Waals surface area contributed by atoms with Gasteiger partial charge in [-0.25, -0.2) is 9.59 Å². The molecule has 51 heavy (non-hydrogen) atoms. The Morgan fingerprint density at radius 1 is 0.529 bits per heavy atom. The quantitative estimate of drug-likeness (QED) is 0.108. The summed E-state index contributed by atoms with van der Waals surface area (Å²) < 4.78 is 12.0. The molecule has 0 heterocycles. The maximum Gasteiger partial charge on any atom is 0.333 e. The first-order chi connectivity index (χ1) is 24.6. The summed E-state index contributed by atoms with van der Waals surface area (Å²) in [6, 6.07) is 43.0. The van der Waals surface area contributed by atoms with Crippen LogP contribution in [0, 0.1) is 0 Å². The SMILES string of the molecule is C=C(C)C(=O)OC(C)CC1(CC(C)OC(=O)C(=C)C)c2cccc(-c3cccc4ccccc34)c2-c2c(-c3cccc4ccccc34)cccc21. The highest BCUT2D eigenvalue weighted by molar-refractivity contribution is 6.08. The molecule has 0 saturated carbocycles. The highest BCUT2D eigenvalue weighted by Gasteiger charge is 2.48. The number of rotatable bonds is 10. The average molecular weight is 671 g/mol. The van der Waals surface area contributed by atoms with Gasteiger partial charge in [-0.3, -0.25) is 0 Å². The van der Waals surface area contributed by atoms with Gasteiger partial charge in [-0.2, -0.15) is 0 Å². The Kier molecular flexibility index (Phi) is 8.95. The summed E-state index contributed by atoms with van der Waals surface area (Å²) in [5.74, 6) is -0.848. The second-order valence-corrected chi connectivity index (χ2v) is 14.0. The lowest BCUT2D eigenvalue weighted by Gasteiger charge is -2.36. The standard InChI is InChI=1S/C47H42O4/c1-29(2)45(48)50-31(5)27-47(28-32(6)51-46(49)30(3)4)41-25-13-23-39(37-21-11-17-33-15-7-9-19-35(33)37)43(41)44-40(24-14-26-42(44)47)38-22-12-18-34-16-8-10-20-36(34)38/h7-26,31-32H,1,3,27-28H2,2,4-6H3. The van der Waals surface area contributed by atoms with Crippen LogP contribution >= 0.6 is 0 Å². The van der Waals surface area contributed by atoms with Crippen LogP contribution in [0.25, 0.3) is 54.9 Å². The topological polar surface area (TPSA) is 52.6 Å². The number of carbonyl (C=O) groups is 2. The zero-order valence-electron chi connectivity index (χ0n) is 29.7. The van der Waals surface area contributed by atoms with Crippen LogP contribution in [0.3, 0.4) is 0 Å². The molecule has 0 bridgehead atoms. The van der Waals surface area contributed by atoms with Crippen LogP contribution in [-0.4, -0.2) is 24.1 Å². The molecule has 2 atom stereocenters. The first-order valence-corrected chi connectivity index (χ1v) is 17.6. The summed E-state index contributed by atoms with van der Waals surface area (Å²) in [4.78, 5) is 25.8. The van der Waals surface area contributed by atoms with Crippen LogP contribution in [0.2, 0.25) is 0 Å². The van der Waals surface area contributed by atoms with Gasteiger partial charge in [0.15, 0.2) is 0 Å². The Morgan fingerprint density at radius 3 is 1.29 bits per heavy atom. The zero-order chi connectivity index (χ0) is 35.9. The molecular weight excluding hydrogens is 629 g/mol.